The zero-order valence-electron chi connectivity index (χ0n) is 16.3. The lowest BCUT2D eigenvalue weighted by molar-refractivity contribution is -0.151. The van der Waals surface area contributed by atoms with E-state index in [0.717, 1.165) is 24.7 Å². The predicted molar refractivity (Wildman–Crippen MR) is 106 cm³/mol. The van der Waals surface area contributed by atoms with Crippen molar-refractivity contribution in [1.82, 2.24) is 14.8 Å². The summed E-state index contributed by atoms with van der Waals surface area (Å²) in [4.78, 5) is 14.3. The Kier molecular flexibility index (Phi) is 6.06. The van der Waals surface area contributed by atoms with Gasteiger partial charge in [-0.1, -0.05) is 29.5 Å². The average molecular weight is 391 g/mol. The molecule has 0 aliphatic carbocycles. The van der Waals surface area contributed by atoms with Crippen LogP contribution >= 0.6 is 11.8 Å². The van der Waals surface area contributed by atoms with Crippen molar-refractivity contribution in [2.45, 2.75) is 38.5 Å². The van der Waals surface area contributed by atoms with Crippen molar-refractivity contribution in [3.05, 3.63) is 29.8 Å². The molecule has 0 amide bonds. The standard InChI is InChI=1S/C19H26N4O3S/c1-14-5-7-15(8-6-14)23-17(22-9-11-25-12-10-22)20-21-18(23)27-13-16(24)26-19(2,3)4/h5-8H,9-13H2,1-4H3. The molecule has 2 heterocycles. The zero-order valence-corrected chi connectivity index (χ0v) is 17.1. The van der Waals surface area contributed by atoms with Gasteiger partial charge in [-0.15, -0.1) is 10.2 Å². The second kappa shape index (κ2) is 8.31. The molecule has 0 atom stereocenters. The van der Waals surface area contributed by atoms with Gasteiger partial charge in [0, 0.05) is 13.1 Å². The molecule has 8 heteroatoms. The van der Waals surface area contributed by atoms with Gasteiger partial charge >= 0.3 is 5.97 Å². The largest absolute Gasteiger partial charge is 0.459 e. The molecule has 1 fully saturated rings. The highest BCUT2D eigenvalue weighted by Gasteiger charge is 2.23. The van der Waals surface area contributed by atoms with Crippen LogP contribution in [0.25, 0.3) is 5.69 Å². The number of anilines is 1. The third kappa shape index (κ3) is 5.23. The molecule has 1 aromatic heterocycles. The molecule has 7 nitrogen and oxygen atoms in total. The molecule has 0 bridgehead atoms. The van der Waals surface area contributed by atoms with Crippen LogP contribution in [0.2, 0.25) is 0 Å². The molecule has 27 heavy (non-hydrogen) atoms. The third-order valence-corrected chi connectivity index (χ3v) is 4.84. The molecule has 1 aliphatic heterocycles. The van der Waals surface area contributed by atoms with E-state index in [1.807, 2.05) is 37.5 Å². The first-order valence-electron chi connectivity index (χ1n) is 9.03. The quantitative estimate of drug-likeness (QED) is 0.574. The molecule has 0 saturated carbocycles. The van der Waals surface area contributed by atoms with E-state index in [-0.39, 0.29) is 11.7 Å². The van der Waals surface area contributed by atoms with E-state index in [9.17, 15) is 4.79 Å². The van der Waals surface area contributed by atoms with Gasteiger partial charge < -0.3 is 14.4 Å². The van der Waals surface area contributed by atoms with Crippen molar-refractivity contribution in [3.8, 4) is 5.69 Å². The molecule has 0 unspecified atom stereocenters. The topological polar surface area (TPSA) is 69.5 Å². The molecule has 1 aromatic carbocycles. The number of rotatable bonds is 5. The summed E-state index contributed by atoms with van der Waals surface area (Å²) in [6, 6.07) is 8.20. The summed E-state index contributed by atoms with van der Waals surface area (Å²) in [6.07, 6.45) is 0. The molecular formula is C19H26N4O3S. The SMILES string of the molecule is Cc1ccc(-n2c(SCC(=O)OC(C)(C)C)nnc2N2CCOCC2)cc1. The smallest absolute Gasteiger partial charge is 0.316 e. The van der Waals surface area contributed by atoms with Gasteiger partial charge in [0.25, 0.3) is 0 Å². The van der Waals surface area contributed by atoms with Gasteiger partial charge in [-0.3, -0.25) is 9.36 Å². The minimum Gasteiger partial charge on any atom is -0.459 e. The second-order valence-electron chi connectivity index (χ2n) is 7.43. The minimum atomic E-state index is -0.499. The number of benzene rings is 1. The van der Waals surface area contributed by atoms with Crippen molar-refractivity contribution in [2.75, 3.05) is 37.0 Å². The molecule has 2 aromatic rings. The summed E-state index contributed by atoms with van der Waals surface area (Å²) in [7, 11) is 0. The monoisotopic (exact) mass is 390 g/mol. The van der Waals surface area contributed by atoms with E-state index < -0.39 is 5.60 Å². The Bertz CT molecular complexity index is 777. The molecule has 1 saturated heterocycles. The number of nitrogens with zero attached hydrogens (tertiary/aromatic N) is 4. The number of hydrogen-bond donors (Lipinski definition) is 0. The maximum absolute atomic E-state index is 12.1. The van der Waals surface area contributed by atoms with E-state index in [1.54, 1.807) is 0 Å². The molecular weight excluding hydrogens is 364 g/mol. The fraction of sp³-hybridized carbons (Fsp3) is 0.526. The number of ether oxygens (including phenoxy) is 2. The summed E-state index contributed by atoms with van der Waals surface area (Å²) in [5, 5.41) is 9.42. The van der Waals surface area contributed by atoms with Gasteiger partial charge in [-0.2, -0.15) is 0 Å². The van der Waals surface area contributed by atoms with Crippen molar-refractivity contribution in [2.24, 2.45) is 0 Å². The van der Waals surface area contributed by atoms with Gasteiger partial charge in [0.05, 0.1) is 24.7 Å². The lowest BCUT2D eigenvalue weighted by Crippen LogP contribution is -2.37. The van der Waals surface area contributed by atoms with Crippen LogP contribution in [-0.2, 0) is 14.3 Å². The van der Waals surface area contributed by atoms with Crippen LogP contribution in [0, 0.1) is 6.92 Å². The normalized spacial score (nSPS) is 15.0. The first kappa shape index (κ1) is 19.7. The third-order valence-electron chi connectivity index (χ3n) is 3.94. The number of carbonyl (C=O) groups is 1. The molecule has 0 spiro atoms. The van der Waals surface area contributed by atoms with Crippen molar-refractivity contribution in [3.63, 3.8) is 0 Å². The van der Waals surface area contributed by atoms with E-state index in [0.29, 0.717) is 18.4 Å². The maximum atomic E-state index is 12.1. The van der Waals surface area contributed by atoms with Crippen LogP contribution in [0.5, 0.6) is 0 Å². The van der Waals surface area contributed by atoms with Crippen LogP contribution < -0.4 is 4.90 Å². The summed E-state index contributed by atoms with van der Waals surface area (Å²) in [6.45, 7) is 10.5. The molecule has 0 N–H and O–H groups in total. The van der Waals surface area contributed by atoms with Gasteiger partial charge in [0.15, 0.2) is 5.16 Å². The Morgan fingerprint density at radius 2 is 1.85 bits per heavy atom. The fourth-order valence-corrected chi connectivity index (χ4v) is 3.46. The first-order valence-corrected chi connectivity index (χ1v) is 10.0. The fourth-order valence-electron chi connectivity index (χ4n) is 2.74. The van der Waals surface area contributed by atoms with Gasteiger partial charge in [0.2, 0.25) is 5.95 Å². The van der Waals surface area contributed by atoms with Gasteiger partial charge in [-0.25, -0.2) is 0 Å². The van der Waals surface area contributed by atoms with Gasteiger partial charge in [0.1, 0.15) is 5.60 Å². The van der Waals surface area contributed by atoms with Crippen LogP contribution in [0.15, 0.2) is 29.4 Å². The number of esters is 1. The average Bonchev–Trinajstić information content (AvgIpc) is 3.04. The van der Waals surface area contributed by atoms with Gasteiger partial charge in [-0.05, 0) is 39.8 Å². The highest BCUT2D eigenvalue weighted by atomic mass is 32.2. The van der Waals surface area contributed by atoms with Crippen molar-refractivity contribution < 1.29 is 14.3 Å². The maximum Gasteiger partial charge on any atom is 0.316 e. The Hall–Kier alpha value is -2.06. The summed E-state index contributed by atoms with van der Waals surface area (Å²) >= 11 is 1.34. The van der Waals surface area contributed by atoms with E-state index in [1.165, 1.54) is 17.3 Å². The first-order chi connectivity index (χ1) is 12.8. The Morgan fingerprint density at radius 1 is 1.19 bits per heavy atom. The molecule has 146 valence electrons. The highest BCUT2D eigenvalue weighted by Crippen LogP contribution is 2.27. The Balaban J connectivity index is 1.85. The number of carbonyl (C=O) groups excluding carboxylic acids is 1. The van der Waals surface area contributed by atoms with E-state index in [4.69, 9.17) is 9.47 Å². The second-order valence-corrected chi connectivity index (χ2v) is 8.37. The van der Waals surface area contributed by atoms with E-state index in [2.05, 4.69) is 34.2 Å². The van der Waals surface area contributed by atoms with E-state index >= 15 is 0 Å². The van der Waals surface area contributed by atoms with Crippen LogP contribution in [0.4, 0.5) is 5.95 Å². The minimum absolute atomic E-state index is 0.185. The molecule has 1 aliphatic rings. The van der Waals surface area contributed by atoms with Crippen molar-refractivity contribution in [1.29, 1.82) is 0 Å². The van der Waals surface area contributed by atoms with Crippen LogP contribution in [0.3, 0.4) is 0 Å². The van der Waals surface area contributed by atoms with Crippen molar-refractivity contribution >= 4 is 23.7 Å². The Labute approximate surface area is 164 Å². The Morgan fingerprint density at radius 3 is 2.48 bits per heavy atom. The summed E-state index contributed by atoms with van der Waals surface area (Å²) in [5.41, 5.74) is 1.66. The van der Waals surface area contributed by atoms with Crippen LogP contribution in [0.1, 0.15) is 26.3 Å². The molecule has 0 radical (unpaired) electrons. The van der Waals surface area contributed by atoms with Crippen LogP contribution in [-0.4, -0.2) is 58.4 Å². The summed E-state index contributed by atoms with van der Waals surface area (Å²) in [5.74, 6) is 0.692. The lowest BCUT2D eigenvalue weighted by atomic mass is 10.2. The lowest BCUT2D eigenvalue weighted by Gasteiger charge is -2.28. The number of aromatic nitrogens is 3. The summed E-state index contributed by atoms with van der Waals surface area (Å²) < 4.78 is 12.8. The number of aryl methyl sites for hydroxylation is 1. The predicted octanol–water partition coefficient (Wildman–Crippen LogP) is 2.85. The molecule has 3 rings (SSSR count). The highest BCUT2D eigenvalue weighted by molar-refractivity contribution is 7.99. The number of thioether (sulfide) groups is 1. The zero-order chi connectivity index (χ0) is 19.4. The number of morpholine rings is 1. The number of hydrogen-bond acceptors (Lipinski definition) is 7.